The summed E-state index contributed by atoms with van der Waals surface area (Å²) < 4.78 is 6.36. The summed E-state index contributed by atoms with van der Waals surface area (Å²) in [6.07, 6.45) is 22.6. The summed E-state index contributed by atoms with van der Waals surface area (Å²) in [5.41, 5.74) is 1.50. The summed E-state index contributed by atoms with van der Waals surface area (Å²) in [4.78, 5) is 13.1. The molecule has 5 aliphatic carbocycles. The van der Waals surface area contributed by atoms with E-state index < -0.39 is 0 Å². The number of allylic oxidation sites excluding steroid dienone is 1. The first-order chi connectivity index (χ1) is 21.7. The van der Waals surface area contributed by atoms with E-state index in [0.29, 0.717) is 36.0 Å². The largest absolute Gasteiger partial charge is 0.462 e. The van der Waals surface area contributed by atoms with Gasteiger partial charge in [0, 0.05) is 17.3 Å². The summed E-state index contributed by atoms with van der Waals surface area (Å²) in [6, 6.07) is 0. The Bertz CT molecular complexity index is 1100. The second-order valence-corrected chi connectivity index (χ2v) is 18.8. The second kappa shape index (κ2) is 13.8. The molecule has 0 aromatic heterocycles. The summed E-state index contributed by atoms with van der Waals surface area (Å²) >= 11 is 0. The van der Waals surface area contributed by atoms with Crippen molar-refractivity contribution in [3.05, 3.63) is 11.6 Å². The molecule has 0 amide bonds. The molecular formula is C42H72O4. The first-order valence-corrected chi connectivity index (χ1v) is 19.9. The van der Waals surface area contributed by atoms with Gasteiger partial charge in [0.1, 0.15) is 6.10 Å². The number of rotatable bonds is 12. The third-order valence-corrected chi connectivity index (χ3v) is 16.3. The maximum Gasteiger partial charge on any atom is 0.306 e. The van der Waals surface area contributed by atoms with Crippen molar-refractivity contribution >= 4 is 5.97 Å². The molecule has 0 bridgehead atoms. The van der Waals surface area contributed by atoms with E-state index in [9.17, 15) is 15.0 Å². The number of unbranched alkanes of at least 4 members (excludes halogenated alkanes) is 8. The van der Waals surface area contributed by atoms with Gasteiger partial charge < -0.3 is 14.9 Å². The van der Waals surface area contributed by atoms with E-state index >= 15 is 0 Å². The molecule has 4 nitrogen and oxygen atoms in total. The number of ether oxygens (including phenoxy) is 1. The van der Waals surface area contributed by atoms with Gasteiger partial charge in [-0.2, -0.15) is 0 Å². The molecule has 0 heterocycles. The van der Waals surface area contributed by atoms with Crippen LogP contribution in [-0.4, -0.2) is 35.0 Å². The molecule has 0 aliphatic heterocycles. The van der Waals surface area contributed by atoms with Crippen LogP contribution in [0.25, 0.3) is 0 Å². The highest BCUT2D eigenvalue weighted by molar-refractivity contribution is 5.69. The first kappa shape index (κ1) is 36.4. The Morgan fingerprint density at radius 3 is 2.13 bits per heavy atom. The zero-order valence-electron chi connectivity index (χ0n) is 31.3. The van der Waals surface area contributed by atoms with Crippen molar-refractivity contribution in [3.8, 4) is 0 Å². The number of carbonyl (C=O) groups excluding carboxylic acids is 1. The van der Waals surface area contributed by atoms with E-state index in [-0.39, 0.29) is 51.9 Å². The molecule has 2 N–H and O–H groups in total. The van der Waals surface area contributed by atoms with Crippen LogP contribution in [0.1, 0.15) is 171 Å². The summed E-state index contributed by atoms with van der Waals surface area (Å²) in [7, 11) is 0. The average molecular weight is 641 g/mol. The monoisotopic (exact) mass is 641 g/mol. The molecule has 5 aliphatic rings. The van der Waals surface area contributed by atoms with Gasteiger partial charge in [0.2, 0.25) is 0 Å². The molecule has 0 radical (unpaired) electrons. The standard InChI is InChI=1S/C42H72O4/c1-9-10-11-12-13-14-15-16-17-18-36(45)46-35-23-25-39(5)32(38(35,3)4)22-26-41(7)33(39)20-19-31-37-29(2)30(28-43)21-24-40(37,6)34(44)27-42(31,41)8/h21,29,31-35,37,43-44H,9-20,22-28H2,1-8H3. The average Bonchev–Trinajstić information content (AvgIpc) is 2.99. The lowest BCUT2D eigenvalue weighted by molar-refractivity contribution is -0.268. The third-order valence-electron chi connectivity index (χ3n) is 16.3. The van der Waals surface area contributed by atoms with Crippen LogP contribution in [0.4, 0.5) is 0 Å². The van der Waals surface area contributed by atoms with Crippen molar-refractivity contribution in [3.63, 3.8) is 0 Å². The Balaban J connectivity index is 1.24. The minimum absolute atomic E-state index is 0.0110. The molecule has 11 unspecified atom stereocenters. The molecule has 5 rings (SSSR count). The quantitative estimate of drug-likeness (QED) is 0.127. The fraction of sp³-hybridized carbons (Fsp3) is 0.929. The van der Waals surface area contributed by atoms with Crippen molar-refractivity contribution in [1.82, 2.24) is 0 Å². The van der Waals surface area contributed by atoms with Crippen LogP contribution >= 0.6 is 0 Å². The fourth-order valence-electron chi connectivity index (χ4n) is 13.4. The summed E-state index contributed by atoms with van der Waals surface area (Å²) in [5.74, 6) is 2.47. The van der Waals surface area contributed by atoms with Crippen LogP contribution in [0.15, 0.2) is 11.6 Å². The molecule has 4 fully saturated rings. The summed E-state index contributed by atoms with van der Waals surface area (Å²) in [5, 5.41) is 22.2. The molecule has 0 aromatic carbocycles. The number of hydrogen-bond donors (Lipinski definition) is 2. The molecule has 46 heavy (non-hydrogen) atoms. The maximum absolute atomic E-state index is 13.1. The number of aliphatic hydroxyl groups is 2. The Kier molecular flexibility index (Phi) is 10.9. The lowest BCUT2D eigenvalue weighted by Crippen LogP contribution is -2.69. The predicted octanol–water partition coefficient (Wildman–Crippen LogP) is 10.4. The topological polar surface area (TPSA) is 66.8 Å². The molecule has 0 aromatic rings. The van der Waals surface area contributed by atoms with E-state index in [1.807, 2.05) is 0 Å². The molecule has 4 saturated carbocycles. The van der Waals surface area contributed by atoms with Gasteiger partial charge in [0.15, 0.2) is 0 Å². The molecule has 4 heteroatoms. The molecule has 11 atom stereocenters. The predicted molar refractivity (Wildman–Crippen MR) is 189 cm³/mol. The van der Waals surface area contributed by atoms with Crippen LogP contribution in [0.5, 0.6) is 0 Å². The SMILES string of the molecule is CCCCCCCCCCCC(=O)OC1CCC2(C)C(CCC3(C)C2CCC2C4C(C)C(CO)=CCC4(C)C(O)CC23C)C1(C)C. The first-order valence-electron chi connectivity index (χ1n) is 19.9. The van der Waals surface area contributed by atoms with Crippen molar-refractivity contribution in [2.24, 2.45) is 56.7 Å². The van der Waals surface area contributed by atoms with Crippen molar-refractivity contribution in [1.29, 1.82) is 0 Å². The van der Waals surface area contributed by atoms with Gasteiger partial charge in [-0.3, -0.25) is 4.79 Å². The van der Waals surface area contributed by atoms with Crippen LogP contribution in [0.2, 0.25) is 0 Å². The number of hydrogen-bond acceptors (Lipinski definition) is 4. The Morgan fingerprint density at radius 2 is 1.48 bits per heavy atom. The number of fused-ring (bicyclic) bond motifs is 7. The highest BCUT2D eigenvalue weighted by atomic mass is 16.5. The number of carbonyl (C=O) groups is 1. The Labute approximate surface area is 283 Å². The van der Waals surface area contributed by atoms with Crippen molar-refractivity contribution in [2.75, 3.05) is 6.61 Å². The van der Waals surface area contributed by atoms with Gasteiger partial charge >= 0.3 is 5.97 Å². The van der Waals surface area contributed by atoms with Gasteiger partial charge in [-0.05, 0) is 109 Å². The smallest absolute Gasteiger partial charge is 0.306 e. The van der Waals surface area contributed by atoms with E-state index in [2.05, 4.69) is 61.5 Å². The zero-order valence-corrected chi connectivity index (χ0v) is 31.3. The number of esters is 1. The highest BCUT2D eigenvalue weighted by Crippen LogP contribution is 2.76. The van der Waals surface area contributed by atoms with Gasteiger partial charge in [0.25, 0.3) is 0 Å². The van der Waals surface area contributed by atoms with Crippen molar-refractivity contribution in [2.45, 2.75) is 183 Å². The fourth-order valence-corrected chi connectivity index (χ4v) is 13.4. The van der Waals surface area contributed by atoms with Gasteiger partial charge in [0.05, 0.1) is 12.7 Å². The highest BCUT2D eigenvalue weighted by Gasteiger charge is 2.71. The molecular weight excluding hydrogens is 568 g/mol. The maximum atomic E-state index is 13.1. The lowest BCUT2D eigenvalue weighted by atomic mass is 9.31. The van der Waals surface area contributed by atoms with Crippen LogP contribution in [-0.2, 0) is 9.53 Å². The van der Waals surface area contributed by atoms with E-state index in [4.69, 9.17) is 4.74 Å². The van der Waals surface area contributed by atoms with E-state index in [0.717, 1.165) is 38.5 Å². The zero-order chi connectivity index (χ0) is 33.5. The normalized spacial score (nSPS) is 44.7. The molecule has 264 valence electrons. The van der Waals surface area contributed by atoms with Gasteiger partial charge in [-0.25, -0.2) is 0 Å². The van der Waals surface area contributed by atoms with E-state index in [1.54, 1.807) is 0 Å². The Hall–Kier alpha value is -0.870. The Morgan fingerprint density at radius 1 is 0.826 bits per heavy atom. The van der Waals surface area contributed by atoms with Crippen molar-refractivity contribution < 1.29 is 19.7 Å². The van der Waals surface area contributed by atoms with Gasteiger partial charge in [-0.15, -0.1) is 0 Å². The lowest BCUT2D eigenvalue weighted by Gasteiger charge is -2.74. The van der Waals surface area contributed by atoms with E-state index in [1.165, 1.54) is 76.2 Å². The molecule has 0 spiro atoms. The third kappa shape index (κ3) is 5.98. The van der Waals surface area contributed by atoms with Crippen LogP contribution in [0.3, 0.4) is 0 Å². The number of aliphatic hydroxyl groups excluding tert-OH is 2. The van der Waals surface area contributed by atoms with Crippen LogP contribution in [0, 0.1) is 56.7 Å². The minimum Gasteiger partial charge on any atom is -0.462 e. The molecule has 0 saturated heterocycles. The second-order valence-electron chi connectivity index (χ2n) is 18.8. The van der Waals surface area contributed by atoms with Crippen LogP contribution < -0.4 is 0 Å². The minimum atomic E-state index is -0.309. The van der Waals surface area contributed by atoms with Gasteiger partial charge in [-0.1, -0.05) is 113 Å². The summed E-state index contributed by atoms with van der Waals surface area (Å²) in [6.45, 7) is 19.7.